The van der Waals surface area contributed by atoms with E-state index in [0.717, 1.165) is 5.56 Å². The van der Waals surface area contributed by atoms with Crippen LogP contribution in [0.1, 0.15) is 48.4 Å². The monoisotopic (exact) mass is 476 g/mol. The molecule has 1 N–H and O–H groups in total. The molecule has 0 amide bonds. The number of carbonyl (C=O) groups is 1. The SMILES string of the molecule is COc1cc(OC)cc(C(O[Si](C)(C)C(C)(C)C)C(OC)(OC)c2cccc(C(=O)O)c2)c1. The molecule has 0 heterocycles. The van der Waals surface area contributed by atoms with Crippen molar-refractivity contribution in [2.45, 2.75) is 50.8 Å². The molecule has 33 heavy (non-hydrogen) atoms. The fourth-order valence-corrected chi connectivity index (χ4v) is 4.60. The van der Waals surface area contributed by atoms with Crippen molar-refractivity contribution in [2.24, 2.45) is 0 Å². The van der Waals surface area contributed by atoms with E-state index in [9.17, 15) is 9.90 Å². The topological polar surface area (TPSA) is 83.5 Å². The summed E-state index contributed by atoms with van der Waals surface area (Å²) in [7, 11) is 3.84. The number of aromatic carboxylic acids is 1. The van der Waals surface area contributed by atoms with Gasteiger partial charge in [-0.1, -0.05) is 32.9 Å². The molecule has 1 unspecified atom stereocenters. The molecule has 182 valence electrons. The maximum atomic E-state index is 11.7. The maximum absolute atomic E-state index is 11.7. The van der Waals surface area contributed by atoms with Crippen LogP contribution in [-0.2, 0) is 19.7 Å². The van der Waals surface area contributed by atoms with Crippen molar-refractivity contribution in [1.82, 2.24) is 0 Å². The van der Waals surface area contributed by atoms with Crippen molar-refractivity contribution in [3.05, 3.63) is 59.2 Å². The van der Waals surface area contributed by atoms with Crippen LogP contribution in [0, 0.1) is 0 Å². The summed E-state index contributed by atoms with van der Waals surface area (Å²) in [6, 6.07) is 12.0. The van der Waals surface area contributed by atoms with Gasteiger partial charge in [-0.15, -0.1) is 0 Å². The highest BCUT2D eigenvalue weighted by Crippen LogP contribution is 2.48. The third kappa shape index (κ3) is 5.58. The van der Waals surface area contributed by atoms with E-state index in [1.807, 2.05) is 12.1 Å². The Hall–Kier alpha value is -2.39. The van der Waals surface area contributed by atoms with Gasteiger partial charge in [-0.2, -0.15) is 0 Å². The molecule has 0 bridgehead atoms. The van der Waals surface area contributed by atoms with Gasteiger partial charge >= 0.3 is 5.97 Å². The van der Waals surface area contributed by atoms with Crippen molar-refractivity contribution in [3.63, 3.8) is 0 Å². The molecule has 0 saturated heterocycles. The lowest BCUT2D eigenvalue weighted by Crippen LogP contribution is -2.48. The molecular formula is C25H36O7Si. The molecule has 2 aromatic rings. The zero-order valence-electron chi connectivity index (χ0n) is 21.0. The number of hydrogen-bond donors (Lipinski definition) is 1. The van der Waals surface area contributed by atoms with Gasteiger partial charge in [-0.25, -0.2) is 4.79 Å². The normalized spacial score (nSPS) is 13.5. The van der Waals surface area contributed by atoms with Crippen LogP contribution in [0.4, 0.5) is 0 Å². The Labute approximate surface area is 197 Å². The molecule has 2 rings (SSSR count). The van der Waals surface area contributed by atoms with Gasteiger partial charge in [-0.3, -0.25) is 0 Å². The van der Waals surface area contributed by atoms with E-state index in [0.29, 0.717) is 17.1 Å². The van der Waals surface area contributed by atoms with Crippen LogP contribution in [0.2, 0.25) is 18.1 Å². The van der Waals surface area contributed by atoms with E-state index < -0.39 is 26.2 Å². The maximum Gasteiger partial charge on any atom is 0.335 e. The Morgan fingerprint density at radius 2 is 1.45 bits per heavy atom. The van der Waals surface area contributed by atoms with E-state index in [-0.39, 0.29) is 10.6 Å². The van der Waals surface area contributed by atoms with E-state index in [1.165, 1.54) is 20.3 Å². The summed E-state index contributed by atoms with van der Waals surface area (Å²) in [5.74, 6) is -1.29. The van der Waals surface area contributed by atoms with Crippen molar-refractivity contribution >= 4 is 14.3 Å². The van der Waals surface area contributed by atoms with Crippen molar-refractivity contribution in [3.8, 4) is 11.5 Å². The molecule has 0 aliphatic carbocycles. The predicted molar refractivity (Wildman–Crippen MR) is 130 cm³/mol. The average Bonchev–Trinajstić information content (AvgIpc) is 2.78. The summed E-state index contributed by atoms with van der Waals surface area (Å²) in [5.41, 5.74) is 1.37. The van der Waals surface area contributed by atoms with E-state index >= 15 is 0 Å². The van der Waals surface area contributed by atoms with Crippen LogP contribution >= 0.6 is 0 Å². The van der Waals surface area contributed by atoms with Gasteiger partial charge in [0.2, 0.25) is 5.79 Å². The van der Waals surface area contributed by atoms with Crippen LogP contribution in [0.3, 0.4) is 0 Å². The molecule has 0 aromatic heterocycles. The number of carboxylic acid groups (broad SMARTS) is 1. The fraction of sp³-hybridized carbons (Fsp3) is 0.480. The summed E-state index contributed by atoms with van der Waals surface area (Å²) >= 11 is 0. The Bertz CT molecular complexity index is 939. The number of methoxy groups -OCH3 is 4. The third-order valence-corrected chi connectivity index (χ3v) is 10.8. The standard InChI is InChI=1S/C25H36O7Si/c1-24(2,3)33(8,9)32-22(18-14-20(28-4)16-21(15-18)29-5)25(30-6,31-7)19-12-10-11-17(13-19)23(26)27/h10-16,22H,1-9H3,(H,26,27). The number of hydrogen-bond acceptors (Lipinski definition) is 6. The molecule has 7 nitrogen and oxygen atoms in total. The van der Waals surface area contributed by atoms with E-state index in [1.54, 1.807) is 38.5 Å². The highest BCUT2D eigenvalue weighted by Gasteiger charge is 2.49. The minimum atomic E-state index is -2.37. The zero-order valence-corrected chi connectivity index (χ0v) is 22.0. The molecular weight excluding hydrogens is 440 g/mol. The van der Waals surface area contributed by atoms with Crippen LogP contribution in [-0.4, -0.2) is 47.8 Å². The fourth-order valence-electron chi connectivity index (χ4n) is 3.37. The zero-order chi connectivity index (χ0) is 25.0. The van der Waals surface area contributed by atoms with Crippen LogP contribution < -0.4 is 9.47 Å². The lowest BCUT2D eigenvalue weighted by Gasteiger charge is -2.45. The van der Waals surface area contributed by atoms with Gasteiger partial charge in [0.05, 0.1) is 19.8 Å². The van der Waals surface area contributed by atoms with Gasteiger partial charge < -0.3 is 28.5 Å². The Morgan fingerprint density at radius 1 is 0.909 bits per heavy atom. The molecule has 0 radical (unpaired) electrons. The predicted octanol–water partition coefficient (Wildman–Crippen LogP) is 5.61. The second-order valence-electron chi connectivity index (χ2n) is 9.37. The smallest absolute Gasteiger partial charge is 0.335 e. The molecule has 8 heteroatoms. The third-order valence-electron chi connectivity index (χ3n) is 6.36. The molecule has 1 atom stereocenters. The van der Waals surface area contributed by atoms with Crippen molar-refractivity contribution in [2.75, 3.05) is 28.4 Å². The Balaban J connectivity index is 2.83. The molecule has 0 aliphatic heterocycles. The molecule has 0 fully saturated rings. The highest BCUT2D eigenvalue weighted by molar-refractivity contribution is 6.74. The summed E-state index contributed by atoms with van der Waals surface area (Å²) in [4.78, 5) is 11.7. The minimum absolute atomic E-state index is 0.107. The number of benzene rings is 2. The van der Waals surface area contributed by atoms with Crippen LogP contribution in [0.25, 0.3) is 0 Å². The van der Waals surface area contributed by atoms with Crippen molar-refractivity contribution < 1.29 is 33.3 Å². The van der Waals surface area contributed by atoms with Gasteiger partial charge in [0.15, 0.2) is 8.32 Å². The lowest BCUT2D eigenvalue weighted by atomic mass is 9.92. The first-order chi connectivity index (χ1) is 15.3. The Kier molecular flexibility index (Phi) is 8.35. The largest absolute Gasteiger partial charge is 0.497 e. The number of carboxylic acids is 1. The second-order valence-corrected chi connectivity index (χ2v) is 14.1. The molecule has 0 aliphatic rings. The molecule has 2 aromatic carbocycles. The van der Waals surface area contributed by atoms with Crippen molar-refractivity contribution in [1.29, 1.82) is 0 Å². The van der Waals surface area contributed by atoms with Crippen LogP contribution in [0.5, 0.6) is 11.5 Å². The molecule has 0 saturated carbocycles. The van der Waals surface area contributed by atoms with Gasteiger partial charge in [0.1, 0.15) is 17.6 Å². The first-order valence-corrected chi connectivity index (χ1v) is 13.6. The van der Waals surface area contributed by atoms with Gasteiger partial charge in [0, 0.05) is 25.8 Å². The average molecular weight is 477 g/mol. The highest BCUT2D eigenvalue weighted by atomic mass is 28.4. The summed E-state index contributed by atoms with van der Waals surface area (Å²) in [6.45, 7) is 10.7. The quantitative estimate of drug-likeness (QED) is 0.352. The van der Waals surface area contributed by atoms with E-state index in [2.05, 4.69) is 33.9 Å². The number of rotatable bonds is 10. The van der Waals surface area contributed by atoms with Crippen LogP contribution in [0.15, 0.2) is 42.5 Å². The van der Waals surface area contributed by atoms with E-state index in [4.69, 9.17) is 23.4 Å². The molecule has 0 spiro atoms. The first kappa shape index (κ1) is 26.9. The minimum Gasteiger partial charge on any atom is -0.497 e. The van der Waals surface area contributed by atoms with Gasteiger partial charge in [-0.05, 0) is 48.0 Å². The van der Waals surface area contributed by atoms with Gasteiger partial charge in [0.25, 0.3) is 0 Å². The summed E-state index contributed by atoms with van der Waals surface area (Å²) < 4.78 is 30.0. The Morgan fingerprint density at radius 3 is 1.88 bits per heavy atom. The first-order valence-electron chi connectivity index (χ1n) is 10.7. The number of ether oxygens (including phenoxy) is 4. The second kappa shape index (κ2) is 10.3. The summed E-state index contributed by atoms with van der Waals surface area (Å²) in [6.07, 6.45) is -0.749. The summed E-state index contributed by atoms with van der Waals surface area (Å²) in [5, 5.41) is 9.46. The lowest BCUT2D eigenvalue weighted by molar-refractivity contribution is -0.268.